The molecule has 3 nitrogen and oxygen atoms in total. The number of hydrogen-bond acceptors (Lipinski definition) is 4. The SMILES string of the molecule is CSC[C@H](O)C(=O)O.C[S-].[Na+]. The Hall–Kier alpha value is 1.13. The predicted molar refractivity (Wildman–Crippen MR) is 45.3 cm³/mol. The molecule has 0 bridgehead atoms. The van der Waals surface area contributed by atoms with E-state index in [-0.39, 0.29) is 35.3 Å². The van der Waals surface area contributed by atoms with Crippen LogP contribution in [0.25, 0.3) is 0 Å². The Morgan fingerprint density at radius 3 is 2.09 bits per heavy atom. The Morgan fingerprint density at radius 1 is 1.64 bits per heavy atom. The van der Waals surface area contributed by atoms with Gasteiger partial charge in [-0.2, -0.15) is 18.0 Å². The number of carbonyl (C=O) groups is 1. The van der Waals surface area contributed by atoms with Crippen molar-refractivity contribution < 1.29 is 44.6 Å². The summed E-state index contributed by atoms with van der Waals surface area (Å²) in [6.07, 6.45) is 2.12. The second-order valence-corrected chi connectivity index (χ2v) is 2.22. The zero-order valence-corrected chi connectivity index (χ0v) is 10.5. The topological polar surface area (TPSA) is 57.5 Å². The fraction of sp³-hybridized carbons (Fsp3) is 0.800. The molecule has 1 atom stereocenters. The van der Waals surface area contributed by atoms with Crippen molar-refractivity contribution in [3.05, 3.63) is 0 Å². The van der Waals surface area contributed by atoms with Crippen LogP contribution in [0.3, 0.4) is 0 Å². The van der Waals surface area contributed by atoms with E-state index in [0.717, 1.165) is 0 Å². The molecule has 0 aliphatic heterocycles. The van der Waals surface area contributed by atoms with Gasteiger partial charge in [0.1, 0.15) is 0 Å². The molecule has 0 amide bonds. The van der Waals surface area contributed by atoms with E-state index in [1.165, 1.54) is 11.8 Å². The molecular formula is C5H11NaO3S2. The Bertz CT molecular complexity index is 91.8. The molecule has 0 radical (unpaired) electrons. The second kappa shape index (κ2) is 13.7. The fourth-order valence-corrected chi connectivity index (χ4v) is 0.687. The van der Waals surface area contributed by atoms with E-state index in [0.29, 0.717) is 0 Å². The van der Waals surface area contributed by atoms with Gasteiger partial charge in [-0.25, -0.2) is 4.79 Å². The molecule has 0 saturated heterocycles. The normalized spacial score (nSPS) is 10.2. The summed E-state index contributed by atoms with van der Waals surface area (Å²) in [6, 6.07) is 0. The molecule has 11 heavy (non-hydrogen) atoms. The number of aliphatic hydroxyl groups excluding tert-OH is 1. The molecule has 0 aromatic carbocycles. The predicted octanol–water partition coefficient (Wildman–Crippen LogP) is -3.04. The summed E-state index contributed by atoms with van der Waals surface area (Å²) >= 11 is 5.39. The molecule has 62 valence electrons. The summed E-state index contributed by atoms with van der Waals surface area (Å²) in [5.74, 6) is -0.894. The minimum absolute atomic E-state index is 0. The van der Waals surface area contributed by atoms with Gasteiger partial charge in [-0.3, -0.25) is 0 Å². The third kappa shape index (κ3) is 14.0. The quantitative estimate of drug-likeness (QED) is 0.380. The first-order valence-corrected chi connectivity index (χ1v) is 4.70. The van der Waals surface area contributed by atoms with Gasteiger partial charge in [0.25, 0.3) is 0 Å². The van der Waals surface area contributed by atoms with Gasteiger partial charge in [0.15, 0.2) is 6.10 Å². The van der Waals surface area contributed by atoms with E-state index in [9.17, 15) is 4.79 Å². The van der Waals surface area contributed by atoms with Crippen LogP contribution in [0.2, 0.25) is 0 Å². The van der Waals surface area contributed by atoms with E-state index in [1.807, 2.05) is 0 Å². The largest absolute Gasteiger partial charge is 1.00 e. The first-order valence-electron chi connectivity index (χ1n) is 2.49. The standard InChI is InChI=1S/C4H8O3S.CH4S.Na/c1-8-2-3(5)4(6)7;1-2;/h3,5H,2H2,1H3,(H,6,7);2H,1H3;/q;;+1/p-1/t3-;;/m0../s1. The van der Waals surface area contributed by atoms with Gasteiger partial charge in [-0.05, 0) is 6.26 Å². The van der Waals surface area contributed by atoms with Crippen molar-refractivity contribution in [3.8, 4) is 0 Å². The van der Waals surface area contributed by atoms with Gasteiger partial charge in [-0.15, -0.1) is 0 Å². The zero-order valence-electron chi connectivity index (χ0n) is 6.90. The van der Waals surface area contributed by atoms with Crippen molar-refractivity contribution in [2.75, 3.05) is 18.3 Å². The number of carboxylic acids is 1. The first-order chi connectivity index (χ1) is 4.68. The van der Waals surface area contributed by atoms with Gasteiger partial charge in [0, 0.05) is 5.75 Å². The van der Waals surface area contributed by atoms with E-state index >= 15 is 0 Å². The second-order valence-electron chi connectivity index (χ2n) is 1.31. The summed E-state index contributed by atoms with van der Waals surface area (Å²) in [6.45, 7) is 0. The monoisotopic (exact) mass is 206 g/mol. The summed E-state index contributed by atoms with van der Waals surface area (Å²) in [5, 5.41) is 16.6. The summed E-state index contributed by atoms with van der Waals surface area (Å²) in [5.41, 5.74) is 0. The molecule has 0 unspecified atom stereocenters. The van der Waals surface area contributed by atoms with E-state index < -0.39 is 12.1 Å². The number of thioether (sulfide) groups is 1. The summed E-state index contributed by atoms with van der Waals surface area (Å²) in [4.78, 5) is 9.83. The van der Waals surface area contributed by atoms with Gasteiger partial charge in [0.05, 0.1) is 0 Å². The van der Waals surface area contributed by atoms with Gasteiger partial charge in [-0.1, -0.05) is 0 Å². The van der Waals surface area contributed by atoms with Crippen molar-refractivity contribution in [3.63, 3.8) is 0 Å². The van der Waals surface area contributed by atoms with Crippen LogP contribution in [0.1, 0.15) is 0 Å². The van der Waals surface area contributed by atoms with Gasteiger partial charge in [0.2, 0.25) is 0 Å². The minimum atomic E-state index is -1.20. The number of carboxylic acid groups (broad SMARTS) is 1. The van der Waals surface area contributed by atoms with E-state index in [1.54, 1.807) is 12.5 Å². The number of rotatable bonds is 3. The minimum Gasteiger partial charge on any atom is -0.796 e. The average Bonchev–Trinajstić information content (AvgIpc) is 1.93. The van der Waals surface area contributed by atoms with Crippen LogP contribution in [0.4, 0.5) is 0 Å². The molecule has 0 heterocycles. The molecular weight excluding hydrogens is 195 g/mol. The molecule has 0 aliphatic carbocycles. The average molecular weight is 206 g/mol. The van der Waals surface area contributed by atoms with E-state index in [4.69, 9.17) is 10.2 Å². The van der Waals surface area contributed by atoms with Crippen molar-refractivity contribution in [1.82, 2.24) is 0 Å². The van der Waals surface area contributed by atoms with Crippen LogP contribution < -0.4 is 29.6 Å². The van der Waals surface area contributed by atoms with Crippen molar-refractivity contribution in [1.29, 1.82) is 0 Å². The molecule has 0 spiro atoms. The van der Waals surface area contributed by atoms with Gasteiger partial charge >= 0.3 is 35.5 Å². The molecule has 0 aromatic heterocycles. The van der Waals surface area contributed by atoms with Crippen LogP contribution in [0.5, 0.6) is 0 Å². The van der Waals surface area contributed by atoms with Crippen LogP contribution in [-0.4, -0.2) is 40.6 Å². The number of aliphatic carboxylic acids is 1. The van der Waals surface area contributed by atoms with Crippen LogP contribution in [0.15, 0.2) is 0 Å². The molecule has 0 fully saturated rings. The van der Waals surface area contributed by atoms with E-state index in [2.05, 4.69) is 12.6 Å². The third-order valence-corrected chi connectivity index (χ3v) is 1.26. The van der Waals surface area contributed by atoms with Crippen LogP contribution >= 0.6 is 11.8 Å². The number of hydrogen-bond donors (Lipinski definition) is 2. The Labute approximate surface area is 98.6 Å². The maximum Gasteiger partial charge on any atom is 1.00 e. The molecule has 6 heteroatoms. The smallest absolute Gasteiger partial charge is 0.796 e. The van der Waals surface area contributed by atoms with Crippen molar-refractivity contribution in [2.45, 2.75) is 6.10 Å². The van der Waals surface area contributed by atoms with Crippen LogP contribution in [-0.2, 0) is 17.4 Å². The summed E-state index contributed by atoms with van der Waals surface area (Å²) in [7, 11) is 0. The van der Waals surface area contributed by atoms with Crippen LogP contribution in [0, 0.1) is 0 Å². The Morgan fingerprint density at radius 2 is 2.00 bits per heavy atom. The first kappa shape index (κ1) is 18.0. The maximum absolute atomic E-state index is 9.83. The molecule has 0 rings (SSSR count). The fourth-order valence-electron chi connectivity index (χ4n) is 0.229. The molecule has 0 saturated carbocycles. The Kier molecular flexibility index (Phi) is 22.5. The van der Waals surface area contributed by atoms with Crippen molar-refractivity contribution >= 4 is 30.4 Å². The third-order valence-electron chi connectivity index (χ3n) is 0.610. The zero-order chi connectivity index (χ0) is 8.57. The Balaban J connectivity index is -0.000000196. The molecule has 2 N–H and O–H groups in total. The molecule has 0 aliphatic rings. The van der Waals surface area contributed by atoms with Crippen molar-refractivity contribution in [2.24, 2.45) is 0 Å². The molecule has 0 aromatic rings. The van der Waals surface area contributed by atoms with Gasteiger partial charge < -0.3 is 22.8 Å². The number of aliphatic hydroxyl groups is 1. The summed E-state index contributed by atoms with van der Waals surface area (Å²) < 4.78 is 0. The maximum atomic E-state index is 9.83.